The number of carbonyl (C=O) groups is 1. The van der Waals surface area contributed by atoms with Crippen molar-refractivity contribution in [2.45, 2.75) is 19.4 Å². The molecule has 0 radical (unpaired) electrons. The Bertz CT molecular complexity index is 441. The van der Waals surface area contributed by atoms with Gasteiger partial charge in [0.05, 0.1) is 18.2 Å². The minimum atomic E-state index is -3.62. The summed E-state index contributed by atoms with van der Waals surface area (Å²) in [6.07, 6.45) is 0.829. The van der Waals surface area contributed by atoms with E-state index in [0.717, 1.165) is 0 Å². The number of sulfonamides is 1. The number of carboxylic acids is 1. The molecule has 0 saturated carbocycles. The van der Waals surface area contributed by atoms with Crippen molar-refractivity contribution in [2.24, 2.45) is 0 Å². The van der Waals surface area contributed by atoms with Gasteiger partial charge in [-0.15, -0.1) is 0 Å². The molecular formula is C7H12N4O4S. The lowest BCUT2D eigenvalue weighted by Gasteiger charge is -2.10. The Morgan fingerprint density at radius 1 is 1.69 bits per heavy atom. The zero-order valence-corrected chi connectivity index (χ0v) is 9.36. The van der Waals surface area contributed by atoms with Crippen LogP contribution in [0.1, 0.15) is 25.2 Å². The molecule has 8 nitrogen and oxygen atoms in total. The highest BCUT2D eigenvalue weighted by Gasteiger charge is 2.18. The zero-order chi connectivity index (χ0) is 12.2. The molecule has 0 aliphatic heterocycles. The molecule has 0 fully saturated rings. The monoisotopic (exact) mass is 248 g/mol. The predicted octanol–water partition coefficient (Wildman–Crippen LogP) is -0.740. The number of nitrogens with zero attached hydrogens (tertiary/aromatic N) is 2. The number of aliphatic carboxylic acids is 1. The van der Waals surface area contributed by atoms with Crippen molar-refractivity contribution >= 4 is 16.0 Å². The standard InChI is InChI=1S/C7H12N4O4S/c1-5(7-8-4-9-10-7)11-16(14,15)3-2-6(12)13/h4-5,11H,2-3H2,1H3,(H,12,13)(H,8,9,10). The summed E-state index contributed by atoms with van der Waals surface area (Å²) in [6.45, 7) is 1.58. The normalized spacial score (nSPS) is 13.6. The SMILES string of the molecule is CC(NS(=O)(=O)CCC(=O)O)c1ncn[nH]1. The smallest absolute Gasteiger partial charge is 0.304 e. The molecular weight excluding hydrogens is 236 g/mol. The number of carboxylic acid groups (broad SMARTS) is 1. The van der Waals surface area contributed by atoms with Gasteiger partial charge in [-0.2, -0.15) is 5.10 Å². The molecule has 0 aliphatic rings. The lowest BCUT2D eigenvalue weighted by molar-refractivity contribution is -0.136. The first-order valence-corrected chi connectivity index (χ1v) is 6.13. The van der Waals surface area contributed by atoms with Crippen LogP contribution in [0.5, 0.6) is 0 Å². The molecule has 1 unspecified atom stereocenters. The van der Waals surface area contributed by atoms with Gasteiger partial charge in [0.2, 0.25) is 10.0 Å². The summed E-state index contributed by atoms with van der Waals surface area (Å²) in [7, 11) is -3.62. The van der Waals surface area contributed by atoms with Crippen molar-refractivity contribution in [3.05, 3.63) is 12.2 Å². The topological polar surface area (TPSA) is 125 Å². The highest BCUT2D eigenvalue weighted by Crippen LogP contribution is 2.06. The van der Waals surface area contributed by atoms with Gasteiger partial charge in [-0.3, -0.25) is 9.89 Å². The van der Waals surface area contributed by atoms with Gasteiger partial charge in [0.15, 0.2) is 0 Å². The fraction of sp³-hybridized carbons (Fsp3) is 0.571. The van der Waals surface area contributed by atoms with Crippen molar-refractivity contribution in [1.29, 1.82) is 0 Å². The molecule has 0 saturated heterocycles. The molecule has 16 heavy (non-hydrogen) atoms. The quantitative estimate of drug-likeness (QED) is 0.608. The third-order valence-electron chi connectivity index (χ3n) is 1.78. The highest BCUT2D eigenvalue weighted by atomic mass is 32.2. The maximum atomic E-state index is 11.4. The van der Waals surface area contributed by atoms with Gasteiger partial charge in [0.25, 0.3) is 0 Å². The third-order valence-corrected chi connectivity index (χ3v) is 3.24. The summed E-state index contributed by atoms with van der Waals surface area (Å²) in [6, 6.07) is -0.568. The lowest BCUT2D eigenvalue weighted by Crippen LogP contribution is -2.30. The van der Waals surface area contributed by atoms with Crippen LogP contribution in [0.4, 0.5) is 0 Å². The van der Waals surface area contributed by atoms with Gasteiger partial charge in [0, 0.05) is 0 Å². The number of nitrogens with one attached hydrogen (secondary N) is 2. The van der Waals surface area contributed by atoms with Crippen LogP contribution in [-0.2, 0) is 14.8 Å². The fourth-order valence-electron chi connectivity index (χ4n) is 1.03. The maximum absolute atomic E-state index is 11.4. The molecule has 9 heteroatoms. The first kappa shape index (κ1) is 12.6. The van der Waals surface area contributed by atoms with E-state index < -0.39 is 34.2 Å². The summed E-state index contributed by atoms with van der Waals surface area (Å²) < 4.78 is 25.1. The Hall–Kier alpha value is -1.48. The molecule has 0 bridgehead atoms. The molecule has 3 N–H and O–H groups in total. The summed E-state index contributed by atoms with van der Waals surface area (Å²) >= 11 is 0. The number of hydrogen-bond donors (Lipinski definition) is 3. The van der Waals surface area contributed by atoms with Crippen LogP contribution in [0.15, 0.2) is 6.33 Å². The Morgan fingerprint density at radius 2 is 2.38 bits per heavy atom. The summed E-state index contributed by atoms with van der Waals surface area (Å²) in [5.74, 6) is -1.24. The van der Waals surface area contributed by atoms with Crippen molar-refractivity contribution < 1.29 is 18.3 Å². The van der Waals surface area contributed by atoms with Crippen LogP contribution >= 0.6 is 0 Å². The Morgan fingerprint density at radius 3 is 2.88 bits per heavy atom. The van der Waals surface area contributed by atoms with E-state index in [2.05, 4.69) is 19.9 Å². The fourth-order valence-corrected chi connectivity index (χ4v) is 2.24. The van der Waals surface area contributed by atoms with Crippen molar-refractivity contribution in [1.82, 2.24) is 19.9 Å². The molecule has 1 atom stereocenters. The van der Waals surface area contributed by atoms with E-state index in [-0.39, 0.29) is 0 Å². The average molecular weight is 248 g/mol. The Kier molecular flexibility index (Phi) is 3.96. The van der Waals surface area contributed by atoms with Gasteiger partial charge in [-0.05, 0) is 6.92 Å². The lowest BCUT2D eigenvalue weighted by atomic mass is 10.3. The van der Waals surface area contributed by atoms with Gasteiger partial charge >= 0.3 is 5.97 Å². The number of aromatic nitrogens is 3. The van der Waals surface area contributed by atoms with Crippen LogP contribution in [0, 0.1) is 0 Å². The predicted molar refractivity (Wildman–Crippen MR) is 54.0 cm³/mol. The van der Waals surface area contributed by atoms with E-state index in [4.69, 9.17) is 5.11 Å². The van der Waals surface area contributed by atoms with Gasteiger partial charge < -0.3 is 5.11 Å². The third kappa shape index (κ3) is 3.95. The number of hydrogen-bond acceptors (Lipinski definition) is 5. The highest BCUT2D eigenvalue weighted by molar-refractivity contribution is 7.89. The molecule has 1 aromatic heterocycles. The van der Waals surface area contributed by atoms with Crippen LogP contribution in [0.25, 0.3) is 0 Å². The van der Waals surface area contributed by atoms with Gasteiger partial charge in [-0.25, -0.2) is 18.1 Å². The molecule has 1 heterocycles. The number of H-pyrrole nitrogens is 1. The van der Waals surface area contributed by atoms with E-state index in [1.165, 1.54) is 6.33 Å². The van der Waals surface area contributed by atoms with Crippen LogP contribution < -0.4 is 4.72 Å². The minimum Gasteiger partial charge on any atom is -0.481 e. The molecule has 0 aromatic carbocycles. The van der Waals surface area contributed by atoms with E-state index in [9.17, 15) is 13.2 Å². The second kappa shape index (κ2) is 5.03. The van der Waals surface area contributed by atoms with Gasteiger partial charge in [-0.1, -0.05) is 0 Å². The summed E-state index contributed by atoms with van der Waals surface area (Å²) in [4.78, 5) is 14.0. The molecule has 90 valence electrons. The van der Waals surface area contributed by atoms with E-state index in [0.29, 0.717) is 5.82 Å². The first-order chi connectivity index (χ1) is 7.41. The largest absolute Gasteiger partial charge is 0.481 e. The van der Waals surface area contributed by atoms with Crippen LogP contribution in [0.2, 0.25) is 0 Å². The van der Waals surface area contributed by atoms with Crippen LogP contribution in [0.3, 0.4) is 0 Å². The van der Waals surface area contributed by atoms with Crippen molar-refractivity contribution in [3.8, 4) is 0 Å². The van der Waals surface area contributed by atoms with E-state index in [1.807, 2.05) is 0 Å². The van der Waals surface area contributed by atoms with Crippen molar-refractivity contribution in [2.75, 3.05) is 5.75 Å². The van der Waals surface area contributed by atoms with Crippen molar-refractivity contribution in [3.63, 3.8) is 0 Å². The molecule has 0 spiro atoms. The summed E-state index contributed by atoms with van der Waals surface area (Å²) in [5.41, 5.74) is 0. The van der Waals surface area contributed by atoms with E-state index >= 15 is 0 Å². The molecule has 1 rings (SSSR count). The molecule has 0 amide bonds. The zero-order valence-electron chi connectivity index (χ0n) is 8.54. The number of aromatic amines is 1. The molecule has 0 aliphatic carbocycles. The van der Waals surface area contributed by atoms with Crippen LogP contribution in [-0.4, -0.2) is 40.4 Å². The minimum absolute atomic E-state index is 0.374. The second-order valence-electron chi connectivity index (χ2n) is 3.17. The molecule has 1 aromatic rings. The first-order valence-electron chi connectivity index (χ1n) is 4.48. The second-order valence-corrected chi connectivity index (χ2v) is 5.05. The summed E-state index contributed by atoms with van der Waals surface area (Å²) in [5, 5.41) is 14.5. The average Bonchev–Trinajstić information content (AvgIpc) is 2.67. The Labute approximate surface area is 92.1 Å². The van der Waals surface area contributed by atoms with E-state index in [1.54, 1.807) is 6.92 Å². The Balaban J connectivity index is 2.56. The number of rotatable bonds is 6. The maximum Gasteiger partial charge on any atom is 0.304 e. The van der Waals surface area contributed by atoms with Gasteiger partial charge in [0.1, 0.15) is 12.2 Å².